The molecule has 5 nitrogen and oxygen atoms in total. The lowest BCUT2D eigenvalue weighted by Gasteiger charge is -2.16. The van der Waals surface area contributed by atoms with Crippen molar-refractivity contribution in [3.05, 3.63) is 0 Å². The molecular formula is C10H16N2O3. The van der Waals surface area contributed by atoms with Gasteiger partial charge in [-0.2, -0.15) is 0 Å². The fraction of sp³-hybridized carbons (Fsp3) is 0.600. The second-order valence-corrected chi connectivity index (χ2v) is 3.23. The van der Waals surface area contributed by atoms with Crippen molar-refractivity contribution in [3.8, 4) is 12.3 Å². The van der Waals surface area contributed by atoms with Gasteiger partial charge < -0.3 is 16.2 Å². The summed E-state index contributed by atoms with van der Waals surface area (Å²) in [5.41, 5.74) is 5.37. The Bertz CT molecular complexity index is 270. The maximum absolute atomic E-state index is 11.4. The molecule has 0 aliphatic heterocycles. The molecule has 0 aliphatic rings. The topological polar surface area (TPSA) is 92.4 Å². The molecule has 0 heterocycles. The lowest BCUT2D eigenvalue weighted by Crippen LogP contribution is -2.46. The number of carboxylic acid groups (broad SMARTS) is 1. The van der Waals surface area contributed by atoms with Crippen molar-refractivity contribution in [3.63, 3.8) is 0 Å². The summed E-state index contributed by atoms with van der Waals surface area (Å²) in [7, 11) is 0. The number of carbonyl (C=O) groups excluding carboxylic acids is 1. The molecule has 0 bridgehead atoms. The summed E-state index contributed by atoms with van der Waals surface area (Å²) >= 11 is 0. The van der Waals surface area contributed by atoms with E-state index in [4.69, 9.17) is 17.3 Å². The highest BCUT2D eigenvalue weighted by Crippen LogP contribution is 1.97. The molecule has 0 aromatic heterocycles. The van der Waals surface area contributed by atoms with Crippen LogP contribution in [0.3, 0.4) is 0 Å². The fourth-order valence-corrected chi connectivity index (χ4v) is 1.03. The number of amides is 1. The maximum Gasteiger partial charge on any atom is 0.305 e. The third-order valence-corrected chi connectivity index (χ3v) is 1.93. The van der Waals surface area contributed by atoms with Gasteiger partial charge in [-0.05, 0) is 6.42 Å². The second kappa shape index (κ2) is 6.85. The normalized spacial score (nSPS) is 13.7. The molecule has 0 aliphatic carbocycles. The molecule has 4 N–H and O–H groups in total. The van der Waals surface area contributed by atoms with Gasteiger partial charge in [0.1, 0.15) is 0 Å². The number of carboxylic acids is 1. The molecule has 0 aromatic rings. The number of hydrogen-bond acceptors (Lipinski definition) is 3. The Labute approximate surface area is 89.0 Å². The number of rotatable bonds is 6. The Morgan fingerprint density at radius 1 is 1.60 bits per heavy atom. The molecule has 0 fully saturated rings. The molecule has 0 radical (unpaired) electrons. The average molecular weight is 212 g/mol. The van der Waals surface area contributed by atoms with Gasteiger partial charge in [-0.3, -0.25) is 9.59 Å². The van der Waals surface area contributed by atoms with E-state index in [-0.39, 0.29) is 12.5 Å². The van der Waals surface area contributed by atoms with Crippen molar-refractivity contribution in [1.82, 2.24) is 5.32 Å². The average Bonchev–Trinajstić information content (AvgIpc) is 2.15. The Hall–Kier alpha value is -1.54. The molecule has 0 rings (SSSR count). The van der Waals surface area contributed by atoms with Crippen LogP contribution in [0.25, 0.3) is 0 Å². The smallest absolute Gasteiger partial charge is 0.305 e. The van der Waals surface area contributed by atoms with Gasteiger partial charge in [-0.15, -0.1) is 12.3 Å². The third kappa shape index (κ3) is 5.70. The predicted octanol–water partition coefficient (Wildman–Crippen LogP) is -0.293. The van der Waals surface area contributed by atoms with E-state index in [2.05, 4.69) is 11.2 Å². The van der Waals surface area contributed by atoms with E-state index < -0.39 is 17.9 Å². The number of nitrogens with one attached hydrogen (secondary N) is 1. The van der Waals surface area contributed by atoms with Crippen LogP contribution in [0.4, 0.5) is 0 Å². The van der Waals surface area contributed by atoms with E-state index in [1.807, 2.05) is 6.92 Å². The number of aliphatic carboxylic acids is 1. The van der Waals surface area contributed by atoms with Crippen LogP contribution in [0.2, 0.25) is 0 Å². The van der Waals surface area contributed by atoms with Crippen LogP contribution in [0, 0.1) is 12.3 Å². The summed E-state index contributed by atoms with van der Waals surface area (Å²) in [6.45, 7) is 1.88. The van der Waals surface area contributed by atoms with Gasteiger partial charge in [0.2, 0.25) is 5.91 Å². The van der Waals surface area contributed by atoms with E-state index >= 15 is 0 Å². The molecule has 0 saturated heterocycles. The highest BCUT2D eigenvalue weighted by Gasteiger charge is 2.19. The van der Waals surface area contributed by atoms with Gasteiger partial charge in [-0.25, -0.2) is 0 Å². The van der Waals surface area contributed by atoms with Crippen LogP contribution in [0.5, 0.6) is 0 Å². The molecule has 0 aromatic carbocycles. The zero-order valence-electron chi connectivity index (χ0n) is 8.69. The second-order valence-electron chi connectivity index (χ2n) is 3.23. The van der Waals surface area contributed by atoms with Crippen LogP contribution in [0.15, 0.2) is 0 Å². The van der Waals surface area contributed by atoms with Gasteiger partial charge in [-0.1, -0.05) is 6.92 Å². The number of terminal acetylenes is 1. The Morgan fingerprint density at radius 2 is 2.20 bits per heavy atom. The van der Waals surface area contributed by atoms with Crippen molar-refractivity contribution >= 4 is 11.9 Å². The van der Waals surface area contributed by atoms with Crippen LogP contribution >= 0.6 is 0 Å². The predicted molar refractivity (Wildman–Crippen MR) is 55.9 cm³/mol. The van der Waals surface area contributed by atoms with E-state index in [0.717, 1.165) is 0 Å². The zero-order chi connectivity index (χ0) is 11.8. The molecule has 2 unspecified atom stereocenters. The first-order valence-electron chi connectivity index (χ1n) is 4.72. The molecule has 84 valence electrons. The van der Waals surface area contributed by atoms with Crippen LogP contribution < -0.4 is 11.1 Å². The number of hydrogen-bond donors (Lipinski definition) is 3. The SMILES string of the molecule is C#CCC(CC)NC(=O)C(N)CC(=O)O. The summed E-state index contributed by atoms with van der Waals surface area (Å²) < 4.78 is 0. The molecule has 2 atom stereocenters. The van der Waals surface area contributed by atoms with E-state index in [9.17, 15) is 9.59 Å². The molecule has 0 saturated carbocycles. The molecule has 0 spiro atoms. The van der Waals surface area contributed by atoms with Crippen molar-refractivity contribution in [2.24, 2.45) is 5.73 Å². The minimum Gasteiger partial charge on any atom is -0.481 e. The fourth-order valence-electron chi connectivity index (χ4n) is 1.03. The zero-order valence-corrected chi connectivity index (χ0v) is 8.69. The van der Waals surface area contributed by atoms with E-state index in [1.54, 1.807) is 0 Å². The van der Waals surface area contributed by atoms with Gasteiger partial charge in [0.15, 0.2) is 0 Å². The van der Waals surface area contributed by atoms with E-state index in [1.165, 1.54) is 0 Å². The lowest BCUT2D eigenvalue weighted by atomic mass is 10.1. The number of carbonyl (C=O) groups is 2. The largest absolute Gasteiger partial charge is 0.481 e. The Balaban J connectivity index is 4.10. The molecule has 5 heteroatoms. The van der Waals surface area contributed by atoms with Gasteiger partial charge >= 0.3 is 5.97 Å². The highest BCUT2D eigenvalue weighted by atomic mass is 16.4. The maximum atomic E-state index is 11.4. The van der Waals surface area contributed by atoms with Gasteiger partial charge in [0, 0.05) is 12.5 Å². The summed E-state index contributed by atoms with van der Waals surface area (Å²) in [5.74, 6) is 0.864. The summed E-state index contributed by atoms with van der Waals surface area (Å²) in [4.78, 5) is 21.7. The first-order valence-corrected chi connectivity index (χ1v) is 4.72. The monoisotopic (exact) mass is 212 g/mol. The number of nitrogens with two attached hydrogens (primary N) is 1. The standard InChI is InChI=1S/C10H16N2O3/c1-3-5-7(4-2)12-10(15)8(11)6-9(13)14/h1,7-8H,4-6,11H2,2H3,(H,12,15)(H,13,14). The Morgan fingerprint density at radius 3 is 2.60 bits per heavy atom. The van der Waals surface area contributed by atoms with Crippen molar-refractivity contribution in [2.75, 3.05) is 0 Å². The van der Waals surface area contributed by atoms with Crippen LogP contribution in [0.1, 0.15) is 26.2 Å². The van der Waals surface area contributed by atoms with Crippen molar-refractivity contribution in [1.29, 1.82) is 0 Å². The van der Waals surface area contributed by atoms with Crippen LogP contribution in [-0.4, -0.2) is 29.1 Å². The highest BCUT2D eigenvalue weighted by molar-refractivity contribution is 5.86. The van der Waals surface area contributed by atoms with Gasteiger partial charge in [0.05, 0.1) is 12.5 Å². The Kier molecular flexibility index (Phi) is 6.14. The third-order valence-electron chi connectivity index (χ3n) is 1.93. The summed E-state index contributed by atoms with van der Waals surface area (Å²) in [6, 6.07) is -1.16. The summed E-state index contributed by atoms with van der Waals surface area (Å²) in [5, 5.41) is 11.0. The van der Waals surface area contributed by atoms with Crippen LogP contribution in [-0.2, 0) is 9.59 Å². The molecular weight excluding hydrogens is 196 g/mol. The summed E-state index contributed by atoms with van der Waals surface area (Å²) in [6.07, 6.45) is 5.84. The molecule has 15 heavy (non-hydrogen) atoms. The van der Waals surface area contributed by atoms with Crippen molar-refractivity contribution in [2.45, 2.75) is 38.3 Å². The van der Waals surface area contributed by atoms with E-state index in [0.29, 0.717) is 12.8 Å². The van der Waals surface area contributed by atoms with Gasteiger partial charge in [0.25, 0.3) is 0 Å². The molecule has 1 amide bonds. The van der Waals surface area contributed by atoms with Crippen molar-refractivity contribution < 1.29 is 14.7 Å². The minimum absolute atomic E-state index is 0.137. The first kappa shape index (κ1) is 13.5. The quantitative estimate of drug-likeness (QED) is 0.527. The lowest BCUT2D eigenvalue weighted by molar-refractivity contribution is -0.139. The first-order chi connectivity index (χ1) is 7.01. The minimum atomic E-state index is -1.09.